The summed E-state index contributed by atoms with van der Waals surface area (Å²) in [4.78, 5) is 4.53. The van der Waals surface area contributed by atoms with Gasteiger partial charge in [0.25, 0.3) is 0 Å². The summed E-state index contributed by atoms with van der Waals surface area (Å²) in [6.45, 7) is 4.47. The van der Waals surface area contributed by atoms with Crippen LogP contribution in [0.5, 0.6) is 0 Å². The minimum absolute atomic E-state index is 0.551. The molecule has 3 heteroatoms. The third-order valence-electron chi connectivity index (χ3n) is 4.49. The van der Waals surface area contributed by atoms with E-state index in [-0.39, 0.29) is 0 Å². The van der Waals surface area contributed by atoms with Crippen LogP contribution in [0, 0.1) is 0 Å². The number of nitrogens with one attached hydrogen (secondary N) is 1. The first-order valence-corrected chi connectivity index (χ1v) is 8.11. The molecule has 2 aromatic rings. The molecule has 1 aliphatic heterocycles. The van der Waals surface area contributed by atoms with Crippen LogP contribution >= 0.6 is 0 Å². The zero-order chi connectivity index (χ0) is 14.5. The second-order valence-electron chi connectivity index (χ2n) is 6.15. The Bertz CT molecular complexity index is 547. The van der Waals surface area contributed by atoms with E-state index in [1.54, 1.807) is 0 Å². The molecule has 0 radical (unpaired) electrons. The molecule has 0 bridgehead atoms. The number of hydrogen-bond acceptors (Lipinski definition) is 2. The quantitative estimate of drug-likeness (QED) is 0.881. The molecule has 2 heterocycles. The van der Waals surface area contributed by atoms with E-state index in [9.17, 15) is 0 Å². The lowest BCUT2D eigenvalue weighted by molar-refractivity contribution is 0.399. The molecular weight excluding hydrogens is 258 g/mol. The number of nitrogens with zero attached hydrogens (tertiary/aromatic N) is 2. The second-order valence-corrected chi connectivity index (χ2v) is 6.15. The largest absolute Gasteiger partial charge is 0.335 e. The van der Waals surface area contributed by atoms with Gasteiger partial charge in [0.15, 0.2) is 0 Å². The highest BCUT2D eigenvalue weighted by atomic mass is 15.1. The fraction of sp³-hybridized carbons (Fsp3) is 0.500. The highest BCUT2D eigenvalue weighted by Gasteiger charge is 2.21. The number of fused-ring (bicyclic) bond motifs is 1. The van der Waals surface area contributed by atoms with Crippen LogP contribution in [-0.4, -0.2) is 22.1 Å². The molecule has 0 saturated carbocycles. The van der Waals surface area contributed by atoms with Gasteiger partial charge in [-0.2, -0.15) is 0 Å². The summed E-state index contributed by atoms with van der Waals surface area (Å²) < 4.78 is 2.31. The smallest absolute Gasteiger partial charge is 0.113 e. The van der Waals surface area contributed by atoms with Gasteiger partial charge in [0.1, 0.15) is 5.82 Å². The van der Waals surface area contributed by atoms with Crippen molar-refractivity contribution in [3.05, 3.63) is 54.1 Å². The highest BCUT2D eigenvalue weighted by Crippen LogP contribution is 2.25. The minimum atomic E-state index is 0.551. The molecule has 1 aliphatic rings. The molecule has 112 valence electrons. The summed E-state index contributed by atoms with van der Waals surface area (Å²) >= 11 is 0. The molecule has 0 aliphatic carbocycles. The first-order valence-electron chi connectivity index (χ1n) is 8.11. The van der Waals surface area contributed by atoms with Crippen molar-refractivity contribution in [3.8, 4) is 0 Å². The van der Waals surface area contributed by atoms with Crippen molar-refractivity contribution in [2.75, 3.05) is 6.54 Å². The average Bonchev–Trinajstić information content (AvgIpc) is 3.01. The molecule has 0 spiro atoms. The first kappa shape index (κ1) is 14.3. The predicted octanol–water partition coefficient (Wildman–Crippen LogP) is 3.37. The Morgan fingerprint density at radius 1 is 1.33 bits per heavy atom. The van der Waals surface area contributed by atoms with Gasteiger partial charge >= 0.3 is 0 Å². The van der Waals surface area contributed by atoms with Gasteiger partial charge in [0.05, 0.1) is 0 Å². The Hall–Kier alpha value is -1.61. The molecule has 3 rings (SSSR count). The summed E-state index contributed by atoms with van der Waals surface area (Å²) in [7, 11) is 0. The normalized spacial score (nSPS) is 19.2. The zero-order valence-corrected chi connectivity index (χ0v) is 12.8. The van der Waals surface area contributed by atoms with Crippen molar-refractivity contribution in [3.63, 3.8) is 0 Å². The summed E-state index contributed by atoms with van der Waals surface area (Å²) in [6, 6.07) is 11.3. The van der Waals surface area contributed by atoms with E-state index in [2.05, 4.69) is 58.3 Å². The molecular formula is C18H25N3. The number of benzene rings is 1. The van der Waals surface area contributed by atoms with E-state index in [1.807, 2.05) is 6.20 Å². The number of aromatic nitrogens is 2. The van der Waals surface area contributed by atoms with Crippen LogP contribution in [0.25, 0.3) is 0 Å². The number of hydrogen-bond donors (Lipinski definition) is 1. The Kier molecular flexibility index (Phi) is 4.71. The van der Waals surface area contributed by atoms with Crippen LogP contribution in [0.1, 0.15) is 43.5 Å². The maximum absolute atomic E-state index is 4.53. The fourth-order valence-electron chi connectivity index (χ4n) is 3.17. The molecule has 1 aromatic heterocycles. The SMILES string of the molecule is C[C@@H](CCc1ccccc1)NC[C@@H]1CCCn2ccnc21. The molecule has 2 atom stereocenters. The monoisotopic (exact) mass is 283 g/mol. The zero-order valence-electron chi connectivity index (χ0n) is 12.8. The van der Waals surface area contributed by atoms with Gasteiger partial charge in [-0.1, -0.05) is 30.3 Å². The number of aryl methyl sites for hydroxylation is 2. The molecule has 1 aromatic carbocycles. The van der Waals surface area contributed by atoms with E-state index < -0.39 is 0 Å². The topological polar surface area (TPSA) is 29.9 Å². The second kappa shape index (κ2) is 6.90. The van der Waals surface area contributed by atoms with Crippen LogP contribution in [0.2, 0.25) is 0 Å². The van der Waals surface area contributed by atoms with E-state index in [4.69, 9.17) is 0 Å². The van der Waals surface area contributed by atoms with Crippen LogP contribution in [0.4, 0.5) is 0 Å². The standard InChI is InChI=1S/C18H25N3/c1-15(9-10-16-6-3-2-4-7-16)20-14-17-8-5-12-21-13-11-19-18(17)21/h2-4,6-7,11,13,15,17,20H,5,8-10,12,14H2,1H3/t15-,17-/m0/s1. The molecule has 21 heavy (non-hydrogen) atoms. The van der Waals surface area contributed by atoms with E-state index in [1.165, 1.54) is 30.7 Å². The average molecular weight is 283 g/mol. The van der Waals surface area contributed by atoms with E-state index >= 15 is 0 Å². The predicted molar refractivity (Wildman–Crippen MR) is 86.4 cm³/mol. The Morgan fingerprint density at radius 2 is 2.19 bits per heavy atom. The van der Waals surface area contributed by atoms with Crippen molar-refractivity contribution in [1.29, 1.82) is 0 Å². The minimum Gasteiger partial charge on any atom is -0.335 e. The summed E-state index contributed by atoms with van der Waals surface area (Å²) in [6.07, 6.45) is 8.91. The van der Waals surface area contributed by atoms with Crippen LogP contribution in [0.3, 0.4) is 0 Å². The van der Waals surface area contributed by atoms with Gasteiger partial charge in [0.2, 0.25) is 0 Å². The third-order valence-corrected chi connectivity index (χ3v) is 4.49. The van der Waals surface area contributed by atoms with Crippen molar-refractivity contribution in [2.24, 2.45) is 0 Å². The van der Waals surface area contributed by atoms with E-state index in [0.29, 0.717) is 12.0 Å². The lowest BCUT2D eigenvalue weighted by Gasteiger charge is -2.25. The number of rotatable bonds is 6. The summed E-state index contributed by atoms with van der Waals surface area (Å²) in [5.41, 5.74) is 1.43. The van der Waals surface area contributed by atoms with Gasteiger partial charge in [-0.05, 0) is 38.2 Å². The molecule has 0 amide bonds. The molecule has 0 saturated heterocycles. The van der Waals surface area contributed by atoms with E-state index in [0.717, 1.165) is 19.5 Å². The molecule has 0 fully saturated rings. The van der Waals surface area contributed by atoms with Crippen LogP contribution < -0.4 is 5.32 Å². The number of imidazole rings is 1. The van der Waals surface area contributed by atoms with Crippen LogP contribution in [-0.2, 0) is 13.0 Å². The van der Waals surface area contributed by atoms with Gasteiger partial charge in [0, 0.05) is 37.4 Å². The van der Waals surface area contributed by atoms with Crippen molar-refractivity contribution in [2.45, 2.75) is 51.1 Å². The first-order chi connectivity index (χ1) is 10.3. The maximum atomic E-state index is 4.53. The molecule has 0 unspecified atom stereocenters. The van der Waals surface area contributed by atoms with Gasteiger partial charge in [-0.15, -0.1) is 0 Å². The van der Waals surface area contributed by atoms with Gasteiger partial charge < -0.3 is 9.88 Å². The maximum Gasteiger partial charge on any atom is 0.113 e. The Morgan fingerprint density at radius 3 is 3.05 bits per heavy atom. The lowest BCUT2D eigenvalue weighted by Crippen LogP contribution is -2.33. The molecule has 3 nitrogen and oxygen atoms in total. The van der Waals surface area contributed by atoms with Crippen molar-refractivity contribution >= 4 is 0 Å². The lowest BCUT2D eigenvalue weighted by atomic mass is 9.98. The Labute approximate surface area is 127 Å². The van der Waals surface area contributed by atoms with Gasteiger partial charge in [-0.3, -0.25) is 0 Å². The summed E-state index contributed by atoms with van der Waals surface area (Å²) in [5, 5.41) is 3.70. The fourth-order valence-corrected chi connectivity index (χ4v) is 3.17. The van der Waals surface area contributed by atoms with Gasteiger partial charge in [-0.25, -0.2) is 4.98 Å². The summed E-state index contributed by atoms with van der Waals surface area (Å²) in [5.74, 6) is 1.84. The molecule has 1 N–H and O–H groups in total. The Balaban J connectivity index is 1.45. The third kappa shape index (κ3) is 3.73. The van der Waals surface area contributed by atoms with Crippen molar-refractivity contribution in [1.82, 2.24) is 14.9 Å². The van der Waals surface area contributed by atoms with Crippen molar-refractivity contribution < 1.29 is 0 Å². The highest BCUT2D eigenvalue weighted by molar-refractivity contribution is 5.14. The van der Waals surface area contributed by atoms with Crippen LogP contribution in [0.15, 0.2) is 42.7 Å².